The van der Waals surface area contributed by atoms with Crippen LogP contribution >= 0.6 is 0 Å². The van der Waals surface area contributed by atoms with E-state index < -0.39 is 21.0 Å². The van der Waals surface area contributed by atoms with Crippen LogP contribution in [0.3, 0.4) is 0 Å². The summed E-state index contributed by atoms with van der Waals surface area (Å²) in [5.74, 6) is 0.235. The van der Waals surface area contributed by atoms with E-state index in [2.05, 4.69) is 46.4 Å². The van der Waals surface area contributed by atoms with Gasteiger partial charge in [-0.3, -0.25) is 20.2 Å². The van der Waals surface area contributed by atoms with Crippen LogP contribution in [0.5, 0.6) is 11.5 Å². The lowest BCUT2D eigenvalue weighted by atomic mass is 10.0. The molecule has 12 nitrogen and oxygen atoms in total. The zero-order valence-electron chi connectivity index (χ0n) is 36.1. The van der Waals surface area contributed by atoms with Gasteiger partial charge in [0, 0.05) is 56.5 Å². The molecule has 3 aromatic heterocycles. The largest absolute Gasteiger partial charge is 0.481 e. The van der Waals surface area contributed by atoms with Crippen LogP contribution in [0.25, 0.3) is 90.9 Å². The molecule has 0 amide bonds. The van der Waals surface area contributed by atoms with Gasteiger partial charge in [0.15, 0.2) is 11.5 Å². The van der Waals surface area contributed by atoms with E-state index in [1.54, 1.807) is 24.3 Å². The monoisotopic (exact) mass is 848 g/mol. The second-order valence-corrected chi connectivity index (χ2v) is 17.5. The highest BCUT2D eigenvalue weighted by Crippen LogP contribution is 2.42. The van der Waals surface area contributed by atoms with E-state index in [-0.39, 0.29) is 22.9 Å². The molecule has 5 heterocycles. The van der Waals surface area contributed by atoms with Crippen molar-refractivity contribution in [3.63, 3.8) is 0 Å². The third-order valence-corrected chi connectivity index (χ3v) is 10.6. The molecule has 318 valence electrons. The number of ether oxygens (including phenoxy) is 2. The zero-order valence-corrected chi connectivity index (χ0v) is 36.1. The van der Waals surface area contributed by atoms with Crippen LogP contribution in [0.4, 0.5) is 11.4 Å². The quantitative estimate of drug-likeness (QED) is 0.113. The average molecular weight is 849 g/mol. The molecule has 0 atom stereocenters. The Balaban J connectivity index is 1.45. The first-order valence-electron chi connectivity index (χ1n) is 20.8. The fourth-order valence-electron chi connectivity index (χ4n) is 8.09. The number of hydrogen-bond acceptors (Lipinski definition) is 8. The molecule has 9 rings (SSSR count). The number of nitrogens with one attached hydrogen (secondary N) is 2. The van der Waals surface area contributed by atoms with Crippen LogP contribution in [-0.4, -0.2) is 41.0 Å². The minimum atomic E-state index is -0.734. The Bertz CT molecular complexity index is 3030. The third kappa shape index (κ3) is 8.16. The second-order valence-electron chi connectivity index (χ2n) is 17.5. The van der Waals surface area contributed by atoms with Gasteiger partial charge in [-0.15, -0.1) is 0 Å². The first-order chi connectivity index (χ1) is 30.6. The maximum atomic E-state index is 12.3. The van der Waals surface area contributed by atoms with Crippen LogP contribution in [0.1, 0.15) is 64.3 Å². The van der Waals surface area contributed by atoms with Gasteiger partial charge < -0.3 is 19.4 Å². The molecular formula is C52H44N6O6. The predicted molar refractivity (Wildman–Crippen MR) is 255 cm³/mol. The third-order valence-electron chi connectivity index (χ3n) is 10.6. The second kappa shape index (κ2) is 16.0. The Hall–Kier alpha value is -8.12. The molecule has 2 aliphatic heterocycles. The number of benzene rings is 4. The maximum absolute atomic E-state index is 12.3. The molecule has 12 heteroatoms. The summed E-state index contributed by atoms with van der Waals surface area (Å²) in [7, 11) is 0. The highest BCUT2D eigenvalue weighted by Gasteiger charge is 2.26. The van der Waals surface area contributed by atoms with E-state index in [9.17, 15) is 20.2 Å². The van der Waals surface area contributed by atoms with Crippen molar-refractivity contribution in [1.29, 1.82) is 0 Å². The zero-order chi connectivity index (χ0) is 44.9. The fraction of sp³-hybridized carbons (Fsp3) is 0.154. The number of nitro groups is 2. The molecule has 2 aliphatic rings. The Morgan fingerprint density at radius 2 is 0.750 bits per heavy atom. The van der Waals surface area contributed by atoms with Crippen molar-refractivity contribution in [3.8, 4) is 56.0 Å². The van der Waals surface area contributed by atoms with Crippen molar-refractivity contribution >= 4 is 57.7 Å². The number of fused-ring (bicyclic) bond motifs is 8. The van der Waals surface area contributed by atoms with Gasteiger partial charge in [0.1, 0.15) is 11.2 Å². The van der Waals surface area contributed by atoms with Crippen LogP contribution in [0.15, 0.2) is 121 Å². The number of aromatic nitrogens is 4. The van der Waals surface area contributed by atoms with Crippen LogP contribution in [0, 0.1) is 20.2 Å². The smallest absolute Gasteiger partial charge is 0.310 e. The number of nitrogens with zero attached hydrogens (tertiary/aromatic N) is 4. The van der Waals surface area contributed by atoms with E-state index >= 15 is 0 Å². The Labute approximate surface area is 368 Å². The van der Waals surface area contributed by atoms with Gasteiger partial charge in [-0.2, -0.15) is 0 Å². The van der Waals surface area contributed by atoms with Crippen molar-refractivity contribution in [2.75, 3.05) is 0 Å². The van der Waals surface area contributed by atoms with E-state index in [1.165, 1.54) is 12.1 Å². The summed E-state index contributed by atoms with van der Waals surface area (Å²) >= 11 is 0. The summed E-state index contributed by atoms with van der Waals surface area (Å²) < 4.78 is 12.4. The van der Waals surface area contributed by atoms with Crippen LogP contribution in [0.2, 0.25) is 0 Å². The number of hydrogen-bond donors (Lipinski definition) is 2. The molecule has 0 saturated heterocycles. The summed E-state index contributed by atoms with van der Waals surface area (Å²) in [5, 5.41) is 24.6. The van der Waals surface area contributed by atoms with Gasteiger partial charge in [-0.25, -0.2) is 9.97 Å². The van der Waals surface area contributed by atoms with E-state index in [4.69, 9.17) is 19.4 Å². The van der Waals surface area contributed by atoms with Gasteiger partial charge in [-0.1, -0.05) is 60.7 Å². The molecule has 7 aromatic rings. The Morgan fingerprint density at radius 3 is 1.05 bits per heavy atom. The first kappa shape index (κ1) is 41.2. The molecule has 0 unspecified atom stereocenters. The van der Waals surface area contributed by atoms with E-state index in [0.717, 1.165) is 33.3 Å². The highest BCUT2D eigenvalue weighted by atomic mass is 16.6. The lowest BCUT2D eigenvalue weighted by Gasteiger charge is -2.21. The summed E-state index contributed by atoms with van der Waals surface area (Å²) in [4.78, 5) is 41.8. The summed E-state index contributed by atoms with van der Waals surface area (Å²) in [6, 6.07) is 37.8. The van der Waals surface area contributed by atoms with Gasteiger partial charge in [0.2, 0.25) is 0 Å². The molecule has 8 bridgehead atoms. The summed E-state index contributed by atoms with van der Waals surface area (Å²) in [6.07, 6.45) is 7.86. The molecule has 0 aliphatic carbocycles. The molecule has 0 spiro atoms. The topological polar surface area (TPSA) is 162 Å². The van der Waals surface area contributed by atoms with E-state index in [0.29, 0.717) is 56.1 Å². The van der Waals surface area contributed by atoms with Crippen molar-refractivity contribution < 1.29 is 19.3 Å². The molecule has 64 heavy (non-hydrogen) atoms. The average Bonchev–Trinajstić information content (AvgIpc) is 4.09. The fourth-order valence-corrected chi connectivity index (χ4v) is 8.09. The SMILES string of the molecule is CC(C)(C)Oc1cc(-c2c3nc(c(-c4ccccc4)c4ccc([nH]4)c(-c4ccccc4)c4nc(c(-c5ccc([N+](=O)[O-])c(OC(C)(C)C)c5)c5ccc2[nH]5)C=C4)C=C3)ccc1[N+](=O)[O-]. The molecular weight excluding hydrogens is 805 g/mol. The molecule has 0 fully saturated rings. The normalized spacial score (nSPS) is 12.3. The number of H-pyrrole nitrogens is 2. The number of nitro benzene ring substituents is 2. The maximum Gasteiger partial charge on any atom is 0.310 e. The van der Waals surface area contributed by atoms with Gasteiger partial charge in [0.05, 0.1) is 32.6 Å². The number of aromatic amines is 2. The minimum Gasteiger partial charge on any atom is -0.481 e. The lowest BCUT2D eigenvalue weighted by molar-refractivity contribution is -0.386. The Morgan fingerprint density at radius 1 is 0.438 bits per heavy atom. The van der Waals surface area contributed by atoms with Gasteiger partial charge >= 0.3 is 11.4 Å². The molecule has 2 N–H and O–H groups in total. The summed E-state index contributed by atoms with van der Waals surface area (Å²) in [5.41, 5.74) is 10.0. The van der Waals surface area contributed by atoms with E-state index in [1.807, 2.05) is 114 Å². The van der Waals surface area contributed by atoms with Crippen molar-refractivity contribution in [2.45, 2.75) is 52.7 Å². The minimum absolute atomic E-state index is 0.118. The predicted octanol–water partition coefficient (Wildman–Crippen LogP) is 13.5. The van der Waals surface area contributed by atoms with Gasteiger partial charge in [0.25, 0.3) is 0 Å². The highest BCUT2D eigenvalue weighted by molar-refractivity contribution is 6.00. The Kier molecular flexibility index (Phi) is 10.3. The van der Waals surface area contributed by atoms with Crippen molar-refractivity contribution in [1.82, 2.24) is 19.9 Å². The first-order valence-corrected chi connectivity index (χ1v) is 20.8. The summed E-state index contributed by atoms with van der Waals surface area (Å²) in [6.45, 7) is 11.1. The van der Waals surface area contributed by atoms with Gasteiger partial charge in [-0.05, 0) is 137 Å². The molecule has 4 aromatic carbocycles. The standard InChI is InChI=1S/C52H44N6O6/c1-51(2,3)63-45-29-33(17-27-43(45)57(59)60)49-39-23-21-37(54-39)47(31-13-9-7-10-14-31)35-19-20-36(53-35)48(32-15-11-8-12-16-32)38-22-24-40(55-38)50(42-26-25-41(49)56-42)34-18-28-44(58(61)62)46(30-34)64-52(4,5)6/h7-30,53,56H,1-6H3. The molecule has 0 radical (unpaired) electrons. The molecule has 0 saturated carbocycles. The van der Waals surface area contributed by atoms with Crippen molar-refractivity contribution in [3.05, 3.63) is 164 Å². The van der Waals surface area contributed by atoms with Crippen molar-refractivity contribution in [2.24, 2.45) is 0 Å². The lowest BCUT2D eigenvalue weighted by Crippen LogP contribution is -2.23. The van der Waals surface area contributed by atoms with Crippen LogP contribution < -0.4 is 9.47 Å². The number of rotatable bonds is 8. The van der Waals surface area contributed by atoms with Crippen LogP contribution in [-0.2, 0) is 0 Å².